The van der Waals surface area contributed by atoms with Crippen molar-refractivity contribution in [2.45, 2.75) is 37.9 Å². The van der Waals surface area contributed by atoms with E-state index in [2.05, 4.69) is 10.1 Å². The normalized spacial score (nSPS) is 20.9. The number of hydrogen-bond acceptors (Lipinski definition) is 4. The molecule has 1 aromatic rings. The van der Waals surface area contributed by atoms with Gasteiger partial charge < -0.3 is 9.80 Å². The number of benzene rings is 1. The molecule has 0 atom stereocenters. The second kappa shape index (κ2) is 6.47. The van der Waals surface area contributed by atoms with Crippen LogP contribution in [0.3, 0.4) is 0 Å². The van der Waals surface area contributed by atoms with Crippen LogP contribution in [-0.2, 0) is 6.18 Å². The minimum absolute atomic E-state index is 0.157. The maximum absolute atomic E-state index is 13.3. The number of anilines is 1. The minimum Gasteiger partial charge on any atom is -0.371 e. The first kappa shape index (κ1) is 16.2. The molecule has 0 aliphatic carbocycles. The van der Waals surface area contributed by atoms with Crippen molar-refractivity contribution in [1.82, 2.24) is 4.90 Å². The van der Waals surface area contributed by atoms with E-state index >= 15 is 0 Å². The van der Waals surface area contributed by atoms with Crippen molar-refractivity contribution in [3.63, 3.8) is 0 Å². The van der Waals surface area contributed by atoms with E-state index in [1.165, 1.54) is 25.0 Å². The summed E-state index contributed by atoms with van der Waals surface area (Å²) in [5.41, 5.74) is -0.799. The van der Waals surface area contributed by atoms with Crippen LogP contribution in [0, 0.1) is 4.91 Å². The fourth-order valence-corrected chi connectivity index (χ4v) is 3.66. The molecule has 0 N–H and O–H groups in total. The smallest absolute Gasteiger partial charge is 0.371 e. The van der Waals surface area contributed by atoms with Crippen LogP contribution >= 0.6 is 0 Å². The Morgan fingerprint density at radius 3 is 2.26 bits per heavy atom. The molecule has 0 saturated carbocycles. The minimum atomic E-state index is -4.48. The van der Waals surface area contributed by atoms with Gasteiger partial charge in [0, 0.05) is 24.8 Å². The van der Waals surface area contributed by atoms with Crippen LogP contribution in [0.1, 0.15) is 31.2 Å². The van der Waals surface area contributed by atoms with Gasteiger partial charge in [-0.2, -0.15) is 13.2 Å². The fourth-order valence-electron chi connectivity index (χ4n) is 3.66. The molecule has 1 aromatic carbocycles. The Bertz CT molecular complexity index is 562. The number of likely N-dealkylation sites (tertiary alicyclic amines) is 1. The van der Waals surface area contributed by atoms with E-state index in [1.807, 2.05) is 0 Å². The topological polar surface area (TPSA) is 35.9 Å². The van der Waals surface area contributed by atoms with Crippen molar-refractivity contribution in [2.24, 2.45) is 5.18 Å². The zero-order valence-corrected chi connectivity index (χ0v) is 12.9. The fraction of sp³-hybridized carbons (Fsp3) is 0.625. The summed E-state index contributed by atoms with van der Waals surface area (Å²) in [6.45, 7) is 3.44. The van der Waals surface area contributed by atoms with Gasteiger partial charge in [0.1, 0.15) is 5.69 Å². The van der Waals surface area contributed by atoms with Crippen LogP contribution in [0.5, 0.6) is 0 Å². The molecule has 0 radical (unpaired) electrons. The Kier molecular flexibility index (Phi) is 4.57. The van der Waals surface area contributed by atoms with Crippen LogP contribution in [-0.4, -0.2) is 37.1 Å². The molecule has 0 amide bonds. The lowest BCUT2D eigenvalue weighted by atomic mass is 10.0. The Balaban J connectivity index is 1.76. The molecule has 2 fully saturated rings. The van der Waals surface area contributed by atoms with E-state index in [-0.39, 0.29) is 11.4 Å². The van der Waals surface area contributed by atoms with Gasteiger partial charge in [0.05, 0.1) is 5.56 Å². The van der Waals surface area contributed by atoms with Gasteiger partial charge in [-0.25, -0.2) is 0 Å². The molecular weight excluding hydrogens is 307 g/mol. The maximum Gasteiger partial charge on any atom is 0.418 e. The van der Waals surface area contributed by atoms with Gasteiger partial charge in [0.2, 0.25) is 0 Å². The summed E-state index contributed by atoms with van der Waals surface area (Å²) in [6.07, 6.45) is -0.283. The molecule has 2 aliphatic heterocycles. The van der Waals surface area contributed by atoms with Crippen LogP contribution in [0.4, 0.5) is 24.5 Å². The van der Waals surface area contributed by atoms with Gasteiger partial charge in [-0.1, -0.05) is 0 Å². The number of piperidine rings is 1. The molecule has 2 saturated heterocycles. The van der Waals surface area contributed by atoms with E-state index in [0.29, 0.717) is 19.1 Å². The lowest BCUT2D eigenvalue weighted by Crippen LogP contribution is -2.44. The zero-order chi connectivity index (χ0) is 16.4. The standard InChI is InChI=1S/C16H20F3N3O/c17-16(18,19)14-11-12(20-23)3-4-15(14)22-9-5-13(6-10-22)21-7-1-2-8-21/h3-4,11,13H,1-2,5-10H2. The monoisotopic (exact) mass is 327 g/mol. The molecule has 4 nitrogen and oxygen atoms in total. The van der Waals surface area contributed by atoms with Crippen LogP contribution in [0.2, 0.25) is 0 Å². The predicted molar refractivity (Wildman–Crippen MR) is 82.9 cm³/mol. The molecule has 126 valence electrons. The average molecular weight is 327 g/mol. The Hall–Kier alpha value is -1.63. The summed E-state index contributed by atoms with van der Waals surface area (Å²) in [6, 6.07) is 4.05. The number of nitroso groups, excluding NO2 is 1. The zero-order valence-electron chi connectivity index (χ0n) is 12.9. The van der Waals surface area contributed by atoms with E-state index < -0.39 is 11.7 Å². The van der Waals surface area contributed by atoms with Gasteiger partial charge in [0.25, 0.3) is 0 Å². The molecule has 23 heavy (non-hydrogen) atoms. The predicted octanol–water partition coefficient (Wildman–Crippen LogP) is 4.17. The average Bonchev–Trinajstić information content (AvgIpc) is 3.08. The highest BCUT2D eigenvalue weighted by atomic mass is 19.4. The van der Waals surface area contributed by atoms with Crippen molar-refractivity contribution in [1.29, 1.82) is 0 Å². The van der Waals surface area contributed by atoms with E-state index in [1.54, 1.807) is 4.90 Å². The molecule has 0 unspecified atom stereocenters. The number of rotatable bonds is 3. The third kappa shape index (κ3) is 3.49. The van der Waals surface area contributed by atoms with Gasteiger partial charge in [-0.15, -0.1) is 4.91 Å². The van der Waals surface area contributed by atoms with Crippen LogP contribution in [0.25, 0.3) is 0 Å². The van der Waals surface area contributed by atoms with Crippen molar-refractivity contribution in [3.8, 4) is 0 Å². The Morgan fingerprint density at radius 2 is 1.70 bits per heavy atom. The summed E-state index contributed by atoms with van der Waals surface area (Å²) in [5, 5.41) is 2.62. The molecule has 2 heterocycles. The van der Waals surface area contributed by atoms with E-state index in [4.69, 9.17) is 0 Å². The first-order valence-electron chi connectivity index (χ1n) is 8.02. The maximum atomic E-state index is 13.3. The number of alkyl halides is 3. The molecule has 2 aliphatic rings. The summed E-state index contributed by atoms with van der Waals surface area (Å²) in [5.74, 6) is 0. The summed E-state index contributed by atoms with van der Waals surface area (Å²) in [4.78, 5) is 14.8. The molecule has 0 aromatic heterocycles. The van der Waals surface area contributed by atoms with Gasteiger partial charge in [-0.3, -0.25) is 0 Å². The first-order valence-corrected chi connectivity index (χ1v) is 8.02. The lowest BCUT2D eigenvalue weighted by Gasteiger charge is -2.38. The lowest BCUT2D eigenvalue weighted by molar-refractivity contribution is -0.137. The second-order valence-corrected chi connectivity index (χ2v) is 6.25. The summed E-state index contributed by atoms with van der Waals surface area (Å²) < 4.78 is 39.8. The second-order valence-electron chi connectivity index (χ2n) is 6.25. The molecule has 0 bridgehead atoms. The summed E-state index contributed by atoms with van der Waals surface area (Å²) in [7, 11) is 0. The van der Waals surface area contributed by atoms with E-state index in [0.717, 1.165) is 32.0 Å². The van der Waals surface area contributed by atoms with Gasteiger partial charge in [0.15, 0.2) is 0 Å². The molecule has 3 rings (SSSR count). The highest BCUT2D eigenvalue weighted by Gasteiger charge is 2.36. The van der Waals surface area contributed by atoms with Crippen molar-refractivity contribution >= 4 is 11.4 Å². The van der Waals surface area contributed by atoms with Crippen LogP contribution < -0.4 is 4.90 Å². The number of halogens is 3. The van der Waals surface area contributed by atoms with E-state index in [9.17, 15) is 18.1 Å². The first-order chi connectivity index (χ1) is 11.0. The highest BCUT2D eigenvalue weighted by molar-refractivity contribution is 5.60. The number of nitrogens with zero attached hydrogens (tertiary/aromatic N) is 3. The molecular formula is C16H20F3N3O. The Labute approximate surface area is 133 Å². The molecule has 0 spiro atoms. The van der Waals surface area contributed by atoms with Crippen molar-refractivity contribution < 1.29 is 13.2 Å². The van der Waals surface area contributed by atoms with Gasteiger partial charge in [-0.05, 0) is 62.1 Å². The number of hydrogen-bond donors (Lipinski definition) is 0. The highest BCUT2D eigenvalue weighted by Crippen LogP contribution is 2.39. The van der Waals surface area contributed by atoms with Crippen molar-refractivity contribution in [2.75, 3.05) is 31.1 Å². The largest absolute Gasteiger partial charge is 0.418 e. The SMILES string of the molecule is O=Nc1ccc(N2CCC(N3CCCC3)CC2)c(C(F)(F)F)c1. The third-order valence-corrected chi connectivity index (χ3v) is 4.85. The third-order valence-electron chi connectivity index (χ3n) is 4.85. The molecule has 7 heteroatoms. The van der Waals surface area contributed by atoms with Gasteiger partial charge >= 0.3 is 6.18 Å². The quantitative estimate of drug-likeness (QED) is 0.782. The Morgan fingerprint density at radius 1 is 1.04 bits per heavy atom. The van der Waals surface area contributed by atoms with Crippen molar-refractivity contribution in [3.05, 3.63) is 28.7 Å². The summed E-state index contributed by atoms with van der Waals surface area (Å²) >= 11 is 0. The van der Waals surface area contributed by atoms with Crippen LogP contribution in [0.15, 0.2) is 23.4 Å².